The van der Waals surface area contributed by atoms with Crippen LogP contribution in [0.2, 0.25) is 0 Å². The third-order valence-electron chi connectivity index (χ3n) is 2.21. The number of nitrogens with two attached hydrogens (primary N) is 1. The van der Waals surface area contributed by atoms with E-state index in [2.05, 4.69) is 11.7 Å². The number of hydrogen-bond donors (Lipinski definition) is 1. The molecule has 0 aliphatic carbocycles. The summed E-state index contributed by atoms with van der Waals surface area (Å²) in [6.45, 7) is 2.17. The van der Waals surface area contributed by atoms with Crippen LogP contribution in [0.25, 0.3) is 0 Å². The molecule has 0 bridgehead atoms. The maximum atomic E-state index is 11.3. The molecule has 15 heavy (non-hydrogen) atoms. The minimum Gasteiger partial charge on any atom is -0.465 e. The first-order valence-corrected chi connectivity index (χ1v) is 5.97. The van der Waals surface area contributed by atoms with E-state index in [9.17, 15) is 4.79 Å². The van der Waals surface area contributed by atoms with E-state index in [0.717, 1.165) is 12.8 Å². The van der Waals surface area contributed by atoms with Crippen LogP contribution in [0.5, 0.6) is 0 Å². The Morgan fingerprint density at radius 1 is 1.53 bits per heavy atom. The highest BCUT2D eigenvalue weighted by Crippen LogP contribution is 2.26. The summed E-state index contributed by atoms with van der Waals surface area (Å²) in [5, 5.41) is 0. The molecule has 0 unspecified atom stereocenters. The Balaban J connectivity index is 2.64. The van der Waals surface area contributed by atoms with Crippen LogP contribution in [0.15, 0.2) is 6.07 Å². The summed E-state index contributed by atoms with van der Waals surface area (Å²) in [5.74, 6) is -0.334. The van der Waals surface area contributed by atoms with Gasteiger partial charge in [0.05, 0.1) is 12.8 Å². The van der Waals surface area contributed by atoms with Crippen molar-refractivity contribution in [3.63, 3.8) is 0 Å². The van der Waals surface area contributed by atoms with Crippen molar-refractivity contribution in [1.82, 2.24) is 0 Å². The number of carbonyl (C=O) groups excluding carboxylic acids is 1. The lowest BCUT2D eigenvalue weighted by molar-refractivity contribution is 0.0607. The van der Waals surface area contributed by atoms with Gasteiger partial charge in [-0.3, -0.25) is 0 Å². The molecule has 0 atom stereocenters. The number of rotatable bonds is 5. The fraction of sp³-hybridized carbons (Fsp3) is 0.545. The summed E-state index contributed by atoms with van der Waals surface area (Å²) < 4.78 is 4.65. The number of ether oxygens (including phenoxy) is 1. The number of esters is 1. The lowest BCUT2D eigenvalue weighted by Crippen LogP contribution is -2.00. The average Bonchev–Trinajstić information content (AvgIpc) is 2.59. The minimum atomic E-state index is -0.334. The fourth-order valence-electron chi connectivity index (χ4n) is 1.38. The molecule has 0 aliphatic rings. The number of hydrogen-bond acceptors (Lipinski definition) is 4. The third kappa shape index (κ3) is 3.23. The van der Waals surface area contributed by atoms with Gasteiger partial charge in [-0.25, -0.2) is 4.79 Å². The molecule has 1 aromatic rings. The largest absolute Gasteiger partial charge is 0.465 e. The first-order valence-electron chi connectivity index (χ1n) is 5.15. The zero-order valence-electron chi connectivity index (χ0n) is 9.21. The van der Waals surface area contributed by atoms with Crippen molar-refractivity contribution in [2.75, 3.05) is 12.8 Å². The van der Waals surface area contributed by atoms with E-state index in [1.54, 1.807) is 0 Å². The Morgan fingerprint density at radius 3 is 2.87 bits per heavy atom. The lowest BCUT2D eigenvalue weighted by Gasteiger charge is -1.95. The normalized spacial score (nSPS) is 10.3. The van der Waals surface area contributed by atoms with Crippen LogP contribution in [-0.4, -0.2) is 13.1 Å². The van der Waals surface area contributed by atoms with Gasteiger partial charge in [0.25, 0.3) is 0 Å². The summed E-state index contributed by atoms with van der Waals surface area (Å²) in [5.41, 5.74) is 6.27. The van der Waals surface area contributed by atoms with Crippen LogP contribution in [0.3, 0.4) is 0 Å². The van der Waals surface area contributed by atoms with E-state index < -0.39 is 0 Å². The van der Waals surface area contributed by atoms with Crippen molar-refractivity contribution >= 4 is 23.0 Å². The highest BCUT2D eigenvalue weighted by molar-refractivity contribution is 7.14. The summed E-state index contributed by atoms with van der Waals surface area (Å²) >= 11 is 1.44. The van der Waals surface area contributed by atoms with Gasteiger partial charge in [-0.1, -0.05) is 19.8 Å². The molecule has 3 nitrogen and oxygen atoms in total. The number of methoxy groups -OCH3 is 1. The predicted octanol–water partition coefficient (Wildman–Crippen LogP) is 2.85. The molecule has 0 spiro atoms. The summed E-state index contributed by atoms with van der Waals surface area (Å²) in [6.07, 6.45) is 4.56. The Hall–Kier alpha value is -1.03. The van der Waals surface area contributed by atoms with Gasteiger partial charge in [0.1, 0.15) is 4.88 Å². The Labute approximate surface area is 94.2 Å². The fourth-order valence-corrected chi connectivity index (χ4v) is 2.42. The van der Waals surface area contributed by atoms with Gasteiger partial charge < -0.3 is 10.5 Å². The van der Waals surface area contributed by atoms with Crippen LogP contribution in [-0.2, 0) is 11.2 Å². The van der Waals surface area contributed by atoms with Crippen LogP contribution in [0.4, 0.5) is 5.69 Å². The molecule has 84 valence electrons. The van der Waals surface area contributed by atoms with Crippen molar-refractivity contribution in [3.8, 4) is 0 Å². The van der Waals surface area contributed by atoms with E-state index in [1.165, 1.54) is 36.2 Å². The van der Waals surface area contributed by atoms with Crippen LogP contribution in [0, 0.1) is 0 Å². The second-order valence-corrected chi connectivity index (χ2v) is 4.58. The lowest BCUT2D eigenvalue weighted by atomic mass is 10.2. The second-order valence-electron chi connectivity index (χ2n) is 3.45. The molecule has 0 radical (unpaired) electrons. The van der Waals surface area contributed by atoms with Crippen molar-refractivity contribution in [1.29, 1.82) is 0 Å². The van der Waals surface area contributed by atoms with E-state index in [1.807, 2.05) is 6.07 Å². The topological polar surface area (TPSA) is 52.3 Å². The predicted molar refractivity (Wildman–Crippen MR) is 63.3 cm³/mol. The standard InChI is InChI=1S/C11H17NO2S/c1-3-4-5-6-8-7-9(12)10(15-8)11(13)14-2/h7H,3-6,12H2,1-2H3. The quantitative estimate of drug-likeness (QED) is 0.621. The highest BCUT2D eigenvalue weighted by Gasteiger charge is 2.14. The molecule has 0 aliphatic heterocycles. The maximum Gasteiger partial charge on any atom is 0.350 e. The van der Waals surface area contributed by atoms with Gasteiger partial charge >= 0.3 is 5.97 Å². The smallest absolute Gasteiger partial charge is 0.350 e. The molecule has 0 amide bonds. The molecule has 4 heteroatoms. The molecule has 1 rings (SSSR count). The molecule has 0 saturated carbocycles. The van der Waals surface area contributed by atoms with Gasteiger partial charge in [-0.15, -0.1) is 11.3 Å². The van der Waals surface area contributed by atoms with Gasteiger partial charge in [-0.2, -0.15) is 0 Å². The van der Waals surface area contributed by atoms with Crippen molar-refractivity contribution in [2.45, 2.75) is 32.6 Å². The number of thiophene rings is 1. The monoisotopic (exact) mass is 227 g/mol. The van der Waals surface area contributed by atoms with Crippen molar-refractivity contribution < 1.29 is 9.53 Å². The molecule has 1 heterocycles. The van der Waals surface area contributed by atoms with Crippen molar-refractivity contribution in [2.24, 2.45) is 0 Å². The Morgan fingerprint density at radius 2 is 2.27 bits per heavy atom. The SMILES string of the molecule is CCCCCc1cc(N)c(C(=O)OC)s1. The zero-order valence-corrected chi connectivity index (χ0v) is 10.0. The molecule has 1 aromatic heterocycles. The average molecular weight is 227 g/mol. The number of aryl methyl sites for hydroxylation is 1. The second kappa shape index (κ2) is 5.75. The van der Waals surface area contributed by atoms with Gasteiger partial charge in [0, 0.05) is 4.88 Å². The van der Waals surface area contributed by atoms with Gasteiger partial charge in [0.15, 0.2) is 0 Å². The molecular weight excluding hydrogens is 210 g/mol. The summed E-state index contributed by atoms with van der Waals surface area (Å²) in [6, 6.07) is 1.88. The van der Waals surface area contributed by atoms with Crippen molar-refractivity contribution in [3.05, 3.63) is 15.8 Å². The number of nitrogen functional groups attached to an aromatic ring is 1. The van der Waals surface area contributed by atoms with Crippen LogP contribution in [0.1, 0.15) is 40.7 Å². The van der Waals surface area contributed by atoms with E-state index in [0.29, 0.717) is 10.6 Å². The molecule has 0 fully saturated rings. The number of unbranched alkanes of at least 4 members (excludes halogenated alkanes) is 2. The zero-order chi connectivity index (χ0) is 11.3. The van der Waals surface area contributed by atoms with Crippen LogP contribution < -0.4 is 5.73 Å². The molecule has 2 N–H and O–H groups in total. The molecular formula is C11H17NO2S. The summed E-state index contributed by atoms with van der Waals surface area (Å²) in [4.78, 5) is 13.0. The number of anilines is 1. The third-order valence-corrected chi connectivity index (χ3v) is 3.40. The summed E-state index contributed by atoms with van der Waals surface area (Å²) in [7, 11) is 1.37. The van der Waals surface area contributed by atoms with Crippen LogP contribution >= 0.6 is 11.3 Å². The molecule has 0 saturated heterocycles. The maximum absolute atomic E-state index is 11.3. The number of carbonyl (C=O) groups is 1. The van der Waals surface area contributed by atoms with E-state index in [4.69, 9.17) is 5.73 Å². The van der Waals surface area contributed by atoms with Gasteiger partial charge in [0.2, 0.25) is 0 Å². The first-order chi connectivity index (χ1) is 7.19. The Kier molecular flexibility index (Phi) is 4.62. The van der Waals surface area contributed by atoms with E-state index in [-0.39, 0.29) is 5.97 Å². The minimum absolute atomic E-state index is 0.334. The Bertz CT molecular complexity index is 333. The molecule has 0 aromatic carbocycles. The highest BCUT2D eigenvalue weighted by atomic mass is 32.1. The first kappa shape index (κ1) is 12.0. The van der Waals surface area contributed by atoms with E-state index >= 15 is 0 Å². The van der Waals surface area contributed by atoms with Gasteiger partial charge in [-0.05, 0) is 18.9 Å².